The van der Waals surface area contributed by atoms with E-state index in [-0.39, 0.29) is 17.2 Å². The van der Waals surface area contributed by atoms with Gasteiger partial charge in [0.25, 0.3) is 0 Å². The second kappa shape index (κ2) is 6.24. The molecule has 2 aromatic carbocycles. The van der Waals surface area contributed by atoms with Gasteiger partial charge in [-0.05, 0) is 22.8 Å². The van der Waals surface area contributed by atoms with Crippen LogP contribution in [0.4, 0.5) is 0 Å². The maximum absolute atomic E-state index is 11.4. The first-order valence-corrected chi connectivity index (χ1v) is 7.85. The molecule has 1 heterocycles. The lowest BCUT2D eigenvalue weighted by atomic mass is 10.0. The van der Waals surface area contributed by atoms with Gasteiger partial charge in [-0.3, -0.25) is 14.9 Å². The molecule has 4 heteroatoms. The Morgan fingerprint density at radius 3 is 2.62 bits per heavy atom. The highest BCUT2D eigenvalue weighted by Crippen LogP contribution is 2.34. The number of benzene rings is 2. The van der Waals surface area contributed by atoms with Gasteiger partial charge in [0.2, 0.25) is 5.78 Å². The third-order valence-electron chi connectivity index (χ3n) is 3.54. The summed E-state index contributed by atoms with van der Waals surface area (Å²) >= 11 is 1.66. The fourth-order valence-corrected chi connectivity index (χ4v) is 3.67. The SMILES string of the molecule is O=CC(=O)C1CSC(c2cccc(-c3ccccc3)c2)N1. The molecule has 1 N–H and O–H groups in total. The molecule has 0 bridgehead atoms. The molecule has 1 aliphatic heterocycles. The molecule has 21 heavy (non-hydrogen) atoms. The summed E-state index contributed by atoms with van der Waals surface area (Å²) in [6, 6.07) is 18.1. The van der Waals surface area contributed by atoms with Gasteiger partial charge >= 0.3 is 0 Å². The predicted molar refractivity (Wildman–Crippen MR) is 85.1 cm³/mol. The number of hydrogen-bond donors (Lipinski definition) is 1. The van der Waals surface area contributed by atoms with Crippen LogP contribution >= 0.6 is 11.8 Å². The Kier molecular flexibility index (Phi) is 4.18. The minimum Gasteiger partial charge on any atom is -0.295 e. The summed E-state index contributed by atoms with van der Waals surface area (Å²) in [6.45, 7) is 0. The third kappa shape index (κ3) is 3.06. The molecule has 0 amide bonds. The van der Waals surface area contributed by atoms with E-state index >= 15 is 0 Å². The number of rotatable bonds is 4. The second-order valence-corrected chi connectivity index (χ2v) is 6.08. The quantitative estimate of drug-likeness (QED) is 0.696. The van der Waals surface area contributed by atoms with Crippen LogP contribution in [0.15, 0.2) is 54.6 Å². The van der Waals surface area contributed by atoms with Gasteiger partial charge in [0.15, 0.2) is 6.29 Å². The van der Waals surface area contributed by atoms with E-state index in [4.69, 9.17) is 0 Å². The van der Waals surface area contributed by atoms with Gasteiger partial charge in [0.05, 0.1) is 11.4 Å². The molecule has 0 radical (unpaired) electrons. The average molecular weight is 297 g/mol. The predicted octanol–water partition coefficient (Wildman–Crippen LogP) is 2.83. The summed E-state index contributed by atoms with van der Waals surface area (Å²) < 4.78 is 0. The fourth-order valence-electron chi connectivity index (χ4n) is 2.42. The minimum absolute atomic E-state index is 0.0579. The molecule has 3 nitrogen and oxygen atoms in total. The fraction of sp³-hybridized carbons (Fsp3) is 0.176. The standard InChI is InChI=1S/C17H15NO2S/c19-10-16(20)15-11-21-17(18-15)14-8-4-7-13(9-14)12-5-2-1-3-6-12/h1-10,15,17-18H,11H2. The molecule has 0 spiro atoms. The summed E-state index contributed by atoms with van der Waals surface area (Å²) in [5, 5.41) is 3.28. The van der Waals surface area contributed by atoms with Crippen LogP contribution in [0, 0.1) is 0 Å². The molecule has 3 rings (SSSR count). The summed E-state index contributed by atoms with van der Waals surface area (Å²) in [5.41, 5.74) is 3.45. The molecule has 1 fully saturated rings. The summed E-state index contributed by atoms with van der Waals surface area (Å²) in [5.74, 6) is 0.266. The zero-order valence-corrected chi connectivity index (χ0v) is 12.2. The topological polar surface area (TPSA) is 46.2 Å². The molecule has 106 valence electrons. The highest BCUT2D eigenvalue weighted by atomic mass is 32.2. The van der Waals surface area contributed by atoms with Crippen LogP contribution in [0.25, 0.3) is 11.1 Å². The van der Waals surface area contributed by atoms with Crippen LogP contribution < -0.4 is 5.32 Å². The highest BCUT2D eigenvalue weighted by molar-refractivity contribution is 7.99. The van der Waals surface area contributed by atoms with Crippen molar-refractivity contribution >= 4 is 23.8 Å². The molecule has 2 aromatic rings. The van der Waals surface area contributed by atoms with Crippen molar-refractivity contribution in [2.45, 2.75) is 11.4 Å². The molecule has 1 saturated heterocycles. The van der Waals surface area contributed by atoms with Crippen LogP contribution in [0.3, 0.4) is 0 Å². The Bertz CT molecular complexity index is 657. The molecule has 0 aliphatic carbocycles. The normalized spacial score (nSPS) is 21.1. The van der Waals surface area contributed by atoms with Crippen molar-refractivity contribution in [3.63, 3.8) is 0 Å². The first-order chi connectivity index (χ1) is 10.3. The molecule has 0 aromatic heterocycles. The van der Waals surface area contributed by atoms with Crippen LogP contribution in [-0.2, 0) is 9.59 Å². The van der Waals surface area contributed by atoms with E-state index in [1.54, 1.807) is 11.8 Å². The lowest BCUT2D eigenvalue weighted by Crippen LogP contribution is -2.34. The van der Waals surface area contributed by atoms with Gasteiger partial charge in [-0.1, -0.05) is 48.5 Å². The lowest BCUT2D eigenvalue weighted by Gasteiger charge is -2.13. The molecule has 2 unspecified atom stereocenters. The van der Waals surface area contributed by atoms with E-state index in [0.29, 0.717) is 12.0 Å². The van der Waals surface area contributed by atoms with Gasteiger partial charge < -0.3 is 0 Å². The molecular formula is C17H15NO2S. The third-order valence-corrected chi connectivity index (χ3v) is 4.81. The van der Waals surface area contributed by atoms with E-state index < -0.39 is 0 Å². The van der Waals surface area contributed by atoms with Crippen molar-refractivity contribution in [2.75, 3.05) is 5.75 Å². The number of ketones is 1. The lowest BCUT2D eigenvalue weighted by molar-refractivity contribution is -0.130. The molecule has 0 saturated carbocycles. The summed E-state index contributed by atoms with van der Waals surface area (Å²) in [6.07, 6.45) is 0.404. The zero-order valence-electron chi connectivity index (χ0n) is 11.4. The van der Waals surface area contributed by atoms with E-state index in [1.807, 2.05) is 30.3 Å². The smallest absolute Gasteiger partial charge is 0.212 e. The Morgan fingerprint density at radius 2 is 1.86 bits per heavy atom. The summed E-state index contributed by atoms with van der Waals surface area (Å²) in [4.78, 5) is 22.0. The maximum Gasteiger partial charge on any atom is 0.212 e. The van der Waals surface area contributed by atoms with Crippen molar-refractivity contribution in [3.05, 3.63) is 60.2 Å². The molecule has 2 atom stereocenters. The van der Waals surface area contributed by atoms with Gasteiger partial charge in [-0.25, -0.2) is 0 Å². The number of aldehydes is 1. The summed E-state index contributed by atoms with van der Waals surface area (Å²) in [7, 11) is 0. The van der Waals surface area contributed by atoms with Crippen LogP contribution in [0.2, 0.25) is 0 Å². The van der Waals surface area contributed by atoms with E-state index in [1.165, 1.54) is 5.56 Å². The second-order valence-electron chi connectivity index (χ2n) is 4.94. The average Bonchev–Trinajstić information content (AvgIpc) is 3.05. The van der Waals surface area contributed by atoms with Gasteiger partial charge in [-0.15, -0.1) is 11.8 Å². The zero-order chi connectivity index (χ0) is 14.7. The monoisotopic (exact) mass is 297 g/mol. The van der Waals surface area contributed by atoms with E-state index in [9.17, 15) is 9.59 Å². The number of Topliss-reactive ketones (excluding diaryl/α,β-unsaturated/α-hetero) is 1. The molecular weight excluding hydrogens is 282 g/mol. The van der Waals surface area contributed by atoms with Gasteiger partial charge in [-0.2, -0.15) is 0 Å². The van der Waals surface area contributed by atoms with Crippen molar-refractivity contribution in [1.82, 2.24) is 5.32 Å². The van der Waals surface area contributed by atoms with E-state index in [0.717, 1.165) is 11.1 Å². The first kappa shape index (κ1) is 14.0. The van der Waals surface area contributed by atoms with Gasteiger partial charge in [0.1, 0.15) is 0 Å². The number of nitrogens with one attached hydrogen (secondary N) is 1. The number of carbonyl (C=O) groups excluding carboxylic acids is 2. The van der Waals surface area contributed by atoms with Crippen LogP contribution in [0.1, 0.15) is 10.9 Å². The molecule has 1 aliphatic rings. The van der Waals surface area contributed by atoms with Crippen LogP contribution in [-0.4, -0.2) is 23.9 Å². The highest BCUT2D eigenvalue weighted by Gasteiger charge is 2.30. The minimum atomic E-state index is -0.371. The Balaban J connectivity index is 1.81. The van der Waals surface area contributed by atoms with Crippen molar-refractivity contribution in [2.24, 2.45) is 0 Å². The maximum atomic E-state index is 11.4. The van der Waals surface area contributed by atoms with Crippen molar-refractivity contribution in [3.8, 4) is 11.1 Å². The Labute approximate surface area is 127 Å². The number of thioether (sulfide) groups is 1. The Hall–Kier alpha value is -1.91. The largest absolute Gasteiger partial charge is 0.295 e. The van der Waals surface area contributed by atoms with E-state index in [2.05, 4.69) is 29.6 Å². The first-order valence-electron chi connectivity index (χ1n) is 6.80. The van der Waals surface area contributed by atoms with Crippen molar-refractivity contribution < 1.29 is 9.59 Å². The number of carbonyl (C=O) groups is 2. The van der Waals surface area contributed by atoms with Crippen LogP contribution in [0.5, 0.6) is 0 Å². The van der Waals surface area contributed by atoms with Gasteiger partial charge in [0, 0.05) is 5.75 Å². The number of hydrogen-bond acceptors (Lipinski definition) is 4. The Morgan fingerprint density at radius 1 is 1.10 bits per heavy atom. The van der Waals surface area contributed by atoms with Crippen molar-refractivity contribution in [1.29, 1.82) is 0 Å².